The summed E-state index contributed by atoms with van der Waals surface area (Å²) in [6.07, 6.45) is 4.55. The topological polar surface area (TPSA) is 69.0 Å². The minimum Gasteiger partial charge on any atom is -0.320 e. The Kier molecular flexibility index (Phi) is 5.49. The second kappa shape index (κ2) is 7.59. The standard InChI is InChI=1S/C14H20N4O2/c1-15-11-7-3-2-4-10-14(19)20-18-13-9-6-5-8-12(13)16-17-18/h5-6,8-9,15H,2-4,7,10-11H2,1H3. The molecule has 0 atom stereocenters. The first-order valence-corrected chi connectivity index (χ1v) is 6.97. The number of benzene rings is 1. The highest BCUT2D eigenvalue weighted by atomic mass is 16.7. The van der Waals surface area contributed by atoms with Gasteiger partial charge in [-0.1, -0.05) is 29.8 Å². The molecule has 0 saturated carbocycles. The maximum Gasteiger partial charge on any atom is 0.335 e. The van der Waals surface area contributed by atoms with Crippen LogP contribution in [0.25, 0.3) is 11.0 Å². The van der Waals surface area contributed by atoms with E-state index in [-0.39, 0.29) is 5.97 Å². The summed E-state index contributed by atoms with van der Waals surface area (Å²) in [6.45, 7) is 1.02. The first-order chi connectivity index (χ1) is 9.81. The molecule has 6 nitrogen and oxygen atoms in total. The van der Waals surface area contributed by atoms with E-state index in [9.17, 15) is 4.79 Å². The maximum absolute atomic E-state index is 11.7. The third kappa shape index (κ3) is 4.03. The van der Waals surface area contributed by atoms with Gasteiger partial charge in [0.25, 0.3) is 0 Å². The van der Waals surface area contributed by atoms with Crippen LogP contribution in [-0.4, -0.2) is 34.7 Å². The van der Waals surface area contributed by atoms with Crippen LogP contribution in [-0.2, 0) is 4.79 Å². The number of carbonyl (C=O) groups is 1. The average molecular weight is 276 g/mol. The predicted molar refractivity (Wildman–Crippen MR) is 76.1 cm³/mol. The summed E-state index contributed by atoms with van der Waals surface area (Å²) < 4.78 is 0. The van der Waals surface area contributed by atoms with Gasteiger partial charge in [-0.2, -0.15) is 0 Å². The fourth-order valence-electron chi connectivity index (χ4n) is 1.98. The lowest BCUT2D eigenvalue weighted by atomic mass is 10.1. The largest absolute Gasteiger partial charge is 0.335 e. The maximum atomic E-state index is 11.7. The Labute approximate surface area is 118 Å². The third-order valence-electron chi connectivity index (χ3n) is 3.07. The van der Waals surface area contributed by atoms with Gasteiger partial charge >= 0.3 is 5.97 Å². The first-order valence-electron chi connectivity index (χ1n) is 6.97. The molecule has 1 aromatic carbocycles. The Morgan fingerprint density at radius 3 is 2.90 bits per heavy atom. The number of hydrogen-bond donors (Lipinski definition) is 1. The smallest absolute Gasteiger partial charge is 0.320 e. The summed E-state index contributed by atoms with van der Waals surface area (Å²) in [7, 11) is 1.94. The molecule has 108 valence electrons. The lowest BCUT2D eigenvalue weighted by molar-refractivity contribution is -0.145. The Morgan fingerprint density at radius 1 is 1.25 bits per heavy atom. The Bertz CT molecular complexity index is 553. The molecular formula is C14H20N4O2. The van der Waals surface area contributed by atoms with Crippen molar-refractivity contribution in [2.45, 2.75) is 32.1 Å². The molecule has 0 aliphatic rings. The van der Waals surface area contributed by atoms with Gasteiger partial charge in [0.15, 0.2) is 0 Å². The predicted octanol–water partition coefficient (Wildman–Crippen LogP) is 1.56. The van der Waals surface area contributed by atoms with E-state index in [1.807, 2.05) is 31.3 Å². The SMILES string of the molecule is CNCCCCCCC(=O)On1nnc2ccccc21. The van der Waals surface area contributed by atoms with Crippen molar-refractivity contribution in [3.05, 3.63) is 24.3 Å². The van der Waals surface area contributed by atoms with Crippen LogP contribution < -0.4 is 10.2 Å². The number of rotatable bonds is 8. The number of aromatic nitrogens is 3. The van der Waals surface area contributed by atoms with E-state index in [2.05, 4.69) is 15.6 Å². The highest BCUT2D eigenvalue weighted by Gasteiger charge is 2.09. The quantitative estimate of drug-likeness (QED) is 0.585. The van der Waals surface area contributed by atoms with Crippen molar-refractivity contribution < 1.29 is 9.63 Å². The molecule has 2 rings (SSSR count). The molecule has 0 spiro atoms. The molecule has 0 unspecified atom stereocenters. The zero-order valence-electron chi connectivity index (χ0n) is 11.7. The lowest BCUT2D eigenvalue weighted by Gasteiger charge is -2.03. The summed E-state index contributed by atoms with van der Waals surface area (Å²) in [4.78, 5) is 18.1. The molecule has 0 saturated heterocycles. The monoisotopic (exact) mass is 276 g/mol. The van der Waals surface area contributed by atoms with E-state index in [4.69, 9.17) is 4.84 Å². The van der Waals surface area contributed by atoms with Gasteiger partial charge < -0.3 is 10.2 Å². The van der Waals surface area contributed by atoms with Gasteiger partial charge in [-0.25, -0.2) is 4.79 Å². The van der Waals surface area contributed by atoms with Crippen LogP contribution in [0.4, 0.5) is 0 Å². The summed E-state index contributed by atoms with van der Waals surface area (Å²) in [5.41, 5.74) is 1.42. The van der Waals surface area contributed by atoms with Crippen molar-refractivity contribution in [3.63, 3.8) is 0 Å². The van der Waals surface area contributed by atoms with Crippen LogP contribution in [0.1, 0.15) is 32.1 Å². The van der Waals surface area contributed by atoms with Gasteiger partial charge in [0.1, 0.15) is 11.0 Å². The number of nitrogens with zero attached hydrogens (tertiary/aromatic N) is 3. The molecule has 1 N–H and O–H groups in total. The second-order valence-corrected chi connectivity index (χ2v) is 4.68. The molecular weight excluding hydrogens is 256 g/mol. The van der Waals surface area contributed by atoms with Crippen molar-refractivity contribution in [3.8, 4) is 0 Å². The molecule has 2 aromatic rings. The molecule has 0 aliphatic carbocycles. The Morgan fingerprint density at radius 2 is 2.05 bits per heavy atom. The average Bonchev–Trinajstić information content (AvgIpc) is 2.86. The van der Waals surface area contributed by atoms with E-state index in [0.717, 1.165) is 32.2 Å². The van der Waals surface area contributed by atoms with E-state index in [0.29, 0.717) is 17.5 Å². The number of carbonyl (C=O) groups excluding carboxylic acids is 1. The number of para-hydroxylation sites is 1. The van der Waals surface area contributed by atoms with Crippen molar-refractivity contribution in [1.29, 1.82) is 0 Å². The summed E-state index contributed by atoms with van der Waals surface area (Å²) in [5, 5.41) is 10.9. The van der Waals surface area contributed by atoms with Gasteiger partial charge in [0.2, 0.25) is 0 Å². The Hall–Kier alpha value is -1.95. The molecule has 1 aromatic heterocycles. The molecule has 0 radical (unpaired) electrons. The van der Waals surface area contributed by atoms with Crippen molar-refractivity contribution in [1.82, 2.24) is 20.5 Å². The summed E-state index contributed by atoms with van der Waals surface area (Å²) in [5.74, 6) is -0.269. The van der Waals surface area contributed by atoms with E-state index in [1.165, 1.54) is 4.85 Å². The van der Waals surface area contributed by atoms with Crippen LogP contribution in [0.2, 0.25) is 0 Å². The molecule has 20 heavy (non-hydrogen) atoms. The number of unbranched alkanes of at least 4 members (excludes halogenated alkanes) is 3. The zero-order valence-corrected chi connectivity index (χ0v) is 11.7. The van der Waals surface area contributed by atoms with E-state index in [1.54, 1.807) is 0 Å². The van der Waals surface area contributed by atoms with Gasteiger partial charge in [-0.15, -0.1) is 5.10 Å². The van der Waals surface area contributed by atoms with Crippen molar-refractivity contribution >= 4 is 17.0 Å². The first kappa shape index (κ1) is 14.5. The van der Waals surface area contributed by atoms with Crippen LogP contribution in [0.5, 0.6) is 0 Å². The number of hydrogen-bond acceptors (Lipinski definition) is 5. The van der Waals surface area contributed by atoms with E-state index >= 15 is 0 Å². The highest BCUT2D eigenvalue weighted by molar-refractivity contribution is 5.75. The van der Waals surface area contributed by atoms with Gasteiger partial charge in [0.05, 0.1) is 0 Å². The molecule has 0 amide bonds. The van der Waals surface area contributed by atoms with Crippen molar-refractivity contribution in [2.75, 3.05) is 13.6 Å². The molecule has 1 heterocycles. The van der Waals surface area contributed by atoms with Crippen LogP contribution in [0.3, 0.4) is 0 Å². The molecule has 6 heteroatoms. The van der Waals surface area contributed by atoms with Gasteiger partial charge in [-0.3, -0.25) is 0 Å². The van der Waals surface area contributed by atoms with Crippen LogP contribution >= 0.6 is 0 Å². The minimum absolute atomic E-state index is 0.269. The van der Waals surface area contributed by atoms with Crippen molar-refractivity contribution in [2.24, 2.45) is 0 Å². The van der Waals surface area contributed by atoms with Gasteiger partial charge in [0, 0.05) is 6.42 Å². The second-order valence-electron chi connectivity index (χ2n) is 4.68. The van der Waals surface area contributed by atoms with Crippen LogP contribution in [0.15, 0.2) is 24.3 Å². The van der Waals surface area contributed by atoms with E-state index < -0.39 is 0 Å². The van der Waals surface area contributed by atoms with Gasteiger partial charge in [-0.05, 0) is 43.8 Å². The minimum atomic E-state index is -0.269. The summed E-state index contributed by atoms with van der Waals surface area (Å²) >= 11 is 0. The number of fused-ring (bicyclic) bond motifs is 1. The Balaban J connectivity index is 1.74. The molecule has 0 bridgehead atoms. The lowest BCUT2D eigenvalue weighted by Crippen LogP contribution is -2.20. The molecule has 0 aliphatic heterocycles. The number of nitrogens with one attached hydrogen (secondary N) is 1. The van der Waals surface area contributed by atoms with Crippen LogP contribution in [0, 0.1) is 0 Å². The fourth-order valence-corrected chi connectivity index (χ4v) is 1.98. The third-order valence-corrected chi connectivity index (χ3v) is 3.07. The highest BCUT2D eigenvalue weighted by Crippen LogP contribution is 2.09. The normalized spacial score (nSPS) is 10.8. The summed E-state index contributed by atoms with van der Waals surface area (Å²) in [6, 6.07) is 7.38. The fraction of sp³-hybridized carbons (Fsp3) is 0.500. The zero-order chi connectivity index (χ0) is 14.2. The molecule has 0 fully saturated rings.